The summed E-state index contributed by atoms with van der Waals surface area (Å²) in [5, 5.41) is 2.78. The number of benzene rings is 3. The first-order valence-corrected chi connectivity index (χ1v) is 12.3. The maximum absolute atomic E-state index is 4.75. The minimum absolute atomic E-state index is 0. The van der Waals surface area contributed by atoms with E-state index >= 15 is 0 Å². The van der Waals surface area contributed by atoms with Crippen LogP contribution in [0.3, 0.4) is 0 Å². The van der Waals surface area contributed by atoms with Gasteiger partial charge in [-0.3, -0.25) is 4.98 Å². The Kier molecular flexibility index (Phi) is 7.19. The molecule has 5 rings (SSSR count). The molecule has 2 heterocycles. The van der Waals surface area contributed by atoms with Crippen molar-refractivity contribution in [1.29, 1.82) is 0 Å². The van der Waals surface area contributed by atoms with Crippen LogP contribution in [0.15, 0.2) is 67.0 Å². The second kappa shape index (κ2) is 9.93. The van der Waals surface area contributed by atoms with Gasteiger partial charge in [0.05, 0.1) is 16.2 Å². The molecule has 0 atom stereocenters. The fourth-order valence-electron chi connectivity index (χ4n) is 4.70. The first kappa shape index (κ1) is 23.9. The topological polar surface area (TPSA) is 17.8 Å². The molecule has 0 aliphatic carbocycles. The monoisotopic (exact) mass is 630 g/mol. The molecule has 0 aliphatic heterocycles. The van der Waals surface area contributed by atoms with Crippen molar-refractivity contribution in [2.24, 2.45) is 11.8 Å². The van der Waals surface area contributed by atoms with Gasteiger partial charge in [0.2, 0.25) is 0 Å². The summed E-state index contributed by atoms with van der Waals surface area (Å²) in [7, 11) is 0. The molecule has 0 unspecified atom stereocenters. The molecule has 3 aromatic carbocycles. The Morgan fingerprint density at radius 2 is 1.67 bits per heavy atom. The average molecular weight is 630 g/mol. The first-order chi connectivity index (χ1) is 15.5. The van der Waals surface area contributed by atoms with Gasteiger partial charge in [0, 0.05) is 48.0 Å². The summed E-state index contributed by atoms with van der Waals surface area (Å²) in [6, 6.07) is 22.8. The van der Waals surface area contributed by atoms with E-state index in [1.54, 1.807) is 0 Å². The number of hydrogen-bond acceptors (Lipinski definition) is 2. The van der Waals surface area contributed by atoms with Gasteiger partial charge in [-0.25, -0.2) is 0 Å². The molecule has 5 aromatic rings. The van der Waals surface area contributed by atoms with Crippen molar-refractivity contribution in [3.8, 4) is 17.1 Å². The largest absolute Gasteiger partial charge is 0.339 e. The summed E-state index contributed by atoms with van der Waals surface area (Å²) in [5.41, 5.74) is 5.19. The number of imidazole rings is 1. The molecule has 2 aromatic heterocycles. The number of aromatic nitrogens is 2. The Morgan fingerprint density at radius 1 is 0.939 bits per heavy atom. The number of rotatable bonds is 6. The maximum atomic E-state index is 4.75. The standard InChI is InChI=1S/C29H29N2S.Ir/c1-19(2)16-22-18-23(17-20(3)4)27(28-26(22)24-12-8-9-13-25(24)32-28)31-15-14-30-29(31)21-10-6-5-7-11-21;/h5-10,12-15,18-20H,16-17H2,1-4H3;/q-1;. The fraction of sp³-hybridized carbons (Fsp3) is 0.276. The SMILES string of the molecule is CC(C)Cc1cc(CC(C)C)c2c(sc3ccccc32)c1-n1ccnc1-c1[c-]cccc1.[Ir]. The van der Waals surface area contributed by atoms with Crippen LogP contribution < -0.4 is 0 Å². The van der Waals surface area contributed by atoms with Crippen LogP contribution >= 0.6 is 11.3 Å². The van der Waals surface area contributed by atoms with Crippen LogP contribution in [0.5, 0.6) is 0 Å². The van der Waals surface area contributed by atoms with Gasteiger partial charge in [-0.1, -0.05) is 52.0 Å². The summed E-state index contributed by atoms with van der Waals surface area (Å²) in [6.07, 6.45) is 6.16. The van der Waals surface area contributed by atoms with E-state index in [1.165, 1.54) is 37.0 Å². The van der Waals surface area contributed by atoms with E-state index in [0.717, 1.165) is 24.2 Å². The zero-order valence-electron chi connectivity index (χ0n) is 19.6. The van der Waals surface area contributed by atoms with Gasteiger partial charge >= 0.3 is 0 Å². The molecule has 0 spiro atoms. The van der Waals surface area contributed by atoms with Crippen LogP contribution in [-0.2, 0) is 32.9 Å². The normalized spacial score (nSPS) is 11.6. The van der Waals surface area contributed by atoms with Crippen molar-refractivity contribution in [3.05, 3.63) is 84.2 Å². The predicted octanol–water partition coefficient (Wildman–Crippen LogP) is 8.10. The van der Waals surface area contributed by atoms with Gasteiger partial charge < -0.3 is 4.57 Å². The molecule has 33 heavy (non-hydrogen) atoms. The Hall–Kier alpha value is -2.26. The molecule has 0 N–H and O–H groups in total. The predicted molar refractivity (Wildman–Crippen MR) is 138 cm³/mol. The van der Waals surface area contributed by atoms with E-state index in [4.69, 9.17) is 4.98 Å². The second-order valence-electron chi connectivity index (χ2n) is 9.44. The third-order valence-electron chi connectivity index (χ3n) is 5.87. The summed E-state index contributed by atoms with van der Waals surface area (Å²) >= 11 is 1.91. The number of fused-ring (bicyclic) bond motifs is 3. The van der Waals surface area contributed by atoms with Gasteiger partial charge in [-0.15, -0.1) is 47.2 Å². The van der Waals surface area contributed by atoms with Gasteiger partial charge in [0.15, 0.2) is 0 Å². The van der Waals surface area contributed by atoms with Crippen molar-refractivity contribution >= 4 is 31.5 Å². The van der Waals surface area contributed by atoms with Crippen LogP contribution in [0.1, 0.15) is 38.8 Å². The van der Waals surface area contributed by atoms with E-state index in [-0.39, 0.29) is 20.1 Å². The van der Waals surface area contributed by atoms with Crippen molar-refractivity contribution < 1.29 is 20.1 Å². The van der Waals surface area contributed by atoms with E-state index in [1.807, 2.05) is 29.7 Å². The molecule has 0 fully saturated rings. The first-order valence-electron chi connectivity index (χ1n) is 11.5. The van der Waals surface area contributed by atoms with Crippen molar-refractivity contribution in [2.75, 3.05) is 0 Å². The van der Waals surface area contributed by atoms with Crippen molar-refractivity contribution in [2.45, 2.75) is 40.5 Å². The molecule has 0 amide bonds. The Balaban J connectivity index is 0.00000259. The van der Waals surface area contributed by atoms with Crippen LogP contribution in [0.2, 0.25) is 0 Å². The molecule has 0 bridgehead atoms. The summed E-state index contributed by atoms with van der Waals surface area (Å²) in [5.74, 6) is 2.13. The van der Waals surface area contributed by atoms with E-state index in [9.17, 15) is 0 Å². The molecule has 0 aliphatic rings. The summed E-state index contributed by atoms with van der Waals surface area (Å²) < 4.78 is 5.01. The summed E-state index contributed by atoms with van der Waals surface area (Å²) in [6.45, 7) is 9.24. The van der Waals surface area contributed by atoms with Crippen LogP contribution in [-0.4, -0.2) is 9.55 Å². The number of hydrogen-bond donors (Lipinski definition) is 0. The number of thiophene rings is 1. The van der Waals surface area contributed by atoms with Crippen LogP contribution in [0, 0.1) is 17.9 Å². The van der Waals surface area contributed by atoms with Crippen molar-refractivity contribution in [1.82, 2.24) is 9.55 Å². The molecule has 0 saturated carbocycles. The zero-order chi connectivity index (χ0) is 22.2. The van der Waals surface area contributed by atoms with Crippen LogP contribution in [0.4, 0.5) is 0 Å². The second-order valence-corrected chi connectivity index (χ2v) is 10.5. The smallest absolute Gasteiger partial charge is 0.0603 e. The molecule has 0 saturated heterocycles. The van der Waals surface area contributed by atoms with Crippen molar-refractivity contribution in [3.63, 3.8) is 0 Å². The molecular formula is C29H29IrN2S-. The minimum Gasteiger partial charge on any atom is -0.339 e. The molecule has 4 heteroatoms. The molecule has 171 valence electrons. The third kappa shape index (κ3) is 4.57. The van der Waals surface area contributed by atoms with Crippen LogP contribution in [0.25, 0.3) is 37.2 Å². The minimum atomic E-state index is 0. The Labute approximate surface area is 214 Å². The molecule has 2 nitrogen and oxygen atoms in total. The molecular weight excluding hydrogens is 601 g/mol. The number of nitrogens with zero attached hydrogens (tertiary/aromatic N) is 2. The fourth-order valence-corrected chi connectivity index (χ4v) is 6.02. The van der Waals surface area contributed by atoms with E-state index in [2.05, 4.69) is 87.0 Å². The van der Waals surface area contributed by atoms with E-state index < -0.39 is 0 Å². The Morgan fingerprint density at radius 3 is 2.39 bits per heavy atom. The van der Waals surface area contributed by atoms with Gasteiger partial charge in [-0.2, -0.15) is 0 Å². The summed E-state index contributed by atoms with van der Waals surface area (Å²) in [4.78, 5) is 4.75. The van der Waals surface area contributed by atoms with Gasteiger partial charge in [-0.05, 0) is 41.9 Å². The average Bonchev–Trinajstić information content (AvgIpc) is 3.39. The quantitative estimate of drug-likeness (QED) is 0.174. The van der Waals surface area contributed by atoms with Gasteiger partial charge in [0.25, 0.3) is 0 Å². The van der Waals surface area contributed by atoms with Gasteiger partial charge in [0.1, 0.15) is 0 Å². The maximum Gasteiger partial charge on any atom is 0.0603 e. The third-order valence-corrected chi connectivity index (χ3v) is 7.05. The Bertz CT molecular complexity index is 1380. The zero-order valence-corrected chi connectivity index (χ0v) is 22.8. The molecule has 1 radical (unpaired) electrons. The van der Waals surface area contributed by atoms with E-state index in [0.29, 0.717) is 11.8 Å².